The van der Waals surface area contributed by atoms with Crippen LogP contribution >= 0.6 is 22.9 Å². The van der Waals surface area contributed by atoms with Crippen LogP contribution in [0.3, 0.4) is 0 Å². The zero-order valence-corrected chi connectivity index (χ0v) is 16.3. The summed E-state index contributed by atoms with van der Waals surface area (Å²) in [5.41, 5.74) is 1.04. The average molecular weight is 395 g/mol. The lowest BCUT2D eigenvalue weighted by Crippen LogP contribution is -2.32. The molecule has 2 heterocycles. The molecule has 2 aromatic rings. The maximum atomic E-state index is 12.3. The predicted octanol–water partition coefficient (Wildman–Crippen LogP) is 4.30. The molecule has 1 aliphatic heterocycles. The fourth-order valence-electron chi connectivity index (χ4n) is 2.75. The summed E-state index contributed by atoms with van der Waals surface area (Å²) in [6.07, 6.45) is 5.27. The molecule has 140 valence electrons. The van der Waals surface area contributed by atoms with Crippen molar-refractivity contribution in [2.75, 3.05) is 18.5 Å². The lowest BCUT2D eigenvalue weighted by molar-refractivity contribution is -0.130. The number of carbonyl (C=O) groups excluding carboxylic acids is 1. The molecule has 0 aliphatic carbocycles. The Morgan fingerprint density at radius 3 is 3.08 bits per heavy atom. The number of nitrogens with zero attached hydrogens (tertiary/aromatic N) is 1. The van der Waals surface area contributed by atoms with Crippen LogP contribution in [0.25, 0.3) is 0 Å². The van der Waals surface area contributed by atoms with Crippen molar-refractivity contribution >= 4 is 34.0 Å². The van der Waals surface area contributed by atoms with E-state index in [0.717, 1.165) is 41.3 Å². The Morgan fingerprint density at radius 1 is 1.46 bits per heavy atom. The van der Waals surface area contributed by atoms with Crippen LogP contribution in [0.2, 0.25) is 5.02 Å². The number of aromatic nitrogens is 1. The number of halogens is 1. The fraction of sp³-hybridized carbons (Fsp3) is 0.474. The Labute approximate surface area is 162 Å². The highest BCUT2D eigenvalue weighted by molar-refractivity contribution is 7.15. The molecule has 2 unspecified atom stereocenters. The van der Waals surface area contributed by atoms with E-state index < -0.39 is 6.10 Å². The van der Waals surface area contributed by atoms with Crippen LogP contribution in [0, 0.1) is 0 Å². The Kier molecular flexibility index (Phi) is 7.02. The topological polar surface area (TPSA) is 60.5 Å². The van der Waals surface area contributed by atoms with Crippen LogP contribution in [0.5, 0.6) is 0 Å². The van der Waals surface area contributed by atoms with E-state index in [1.54, 1.807) is 13.1 Å². The highest BCUT2D eigenvalue weighted by Crippen LogP contribution is 2.25. The smallest absolute Gasteiger partial charge is 0.254 e. The SMILES string of the molecule is CC(OCC1CCCCO1)C(=O)Nc1ncc(Cc2ccccc2Cl)s1. The van der Waals surface area contributed by atoms with Gasteiger partial charge in [0, 0.05) is 29.1 Å². The van der Waals surface area contributed by atoms with E-state index in [0.29, 0.717) is 18.2 Å². The van der Waals surface area contributed by atoms with Crippen LogP contribution < -0.4 is 5.32 Å². The minimum Gasteiger partial charge on any atom is -0.376 e. The van der Waals surface area contributed by atoms with Crippen molar-refractivity contribution in [2.24, 2.45) is 0 Å². The highest BCUT2D eigenvalue weighted by Gasteiger charge is 2.19. The van der Waals surface area contributed by atoms with E-state index in [9.17, 15) is 4.79 Å². The van der Waals surface area contributed by atoms with Crippen LogP contribution in [-0.4, -0.2) is 36.3 Å². The normalized spacial score (nSPS) is 18.5. The summed E-state index contributed by atoms with van der Waals surface area (Å²) in [6, 6.07) is 7.73. The Hall–Kier alpha value is -1.47. The third-order valence-electron chi connectivity index (χ3n) is 4.28. The van der Waals surface area contributed by atoms with Crippen molar-refractivity contribution < 1.29 is 14.3 Å². The molecule has 0 bridgehead atoms. The molecule has 1 aromatic heterocycles. The maximum Gasteiger partial charge on any atom is 0.254 e. The van der Waals surface area contributed by atoms with Crippen LogP contribution in [0.4, 0.5) is 5.13 Å². The fourth-order valence-corrected chi connectivity index (χ4v) is 3.79. The molecule has 7 heteroatoms. The van der Waals surface area contributed by atoms with Crippen molar-refractivity contribution in [3.8, 4) is 0 Å². The summed E-state index contributed by atoms with van der Waals surface area (Å²) < 4.78 is 11.3. The monoisotopic (exact) mass is 394 g/mol. The van der Waals surface area contributed by atoms with E-state index in [2.05, 4.69) is 10.3 Å². The number of hydrogen-bond donors (Lipinski definition) is 1. The van der Waals surface area contributed by atoms with Crippen molar-refractivity contribution in [1.82, 2.24) is 4.98 Å². The minimum absolute atomic E-state index is 0.0982. The summed E-state index contributed by atoms with van der Waals surface area (Å²) in [5, 5.41) is 4.13. The van der Waals surface area contributed by atoms with Crippen molar-refractivity contribution in [3.63, 3.8) is 0 Å². The van der Waals surface area contributed by atoms with E-state index >= 15 is 0 Å². The summed E-state index contributed by atoms with van der Waals surface area (Å²) >= 11 is 7.64. The maximum absolute atomic E-state index is 12.3. The molecule has 26 heavy (non-hydrogen) atoms. The number of amides is 1. The second kappa shape index (κ2) is 9.46. The number of carbonyl (C=O) groups is 1. The number of anilines is 1. The standard InChI is InChI=1S/C19H23ClN2O3S/c1-13(25-12-15-7-4-5-9-24-15)18(23)22-19-21-11-16(26-19)10-14-6-2-3-8-17(14)20/h2-3,6,8,11,13,15H,4-5,7,9-10,12H2,1H3,(H,21,22,23). The quantitative estimate of drug-likeness (QED) is 0.760. The van der Waals surface area contributed by atoms with Crippen molar-refractivity contribution in [1.29, 1.82) is 0 Å². The van der Waals surface area contributed by atoms with Crippen LogP contribution in [0.1, 0.15) is 36.6 Å². The van der Waals surface area contributed by atoms with Crippen molar-refractivity contribution in [2.45, 2.75) is 44.8 Å². The largest absolute Gasteiger partial charge is 0.376 e. The molecule has 1 aliphatic rings. The molecule has 0 spiro atoms. The lowest BCUT2D eigenvalue weighted by atomic mass is 10.1. The Morgan fingerprint density at radius 2 is 2.31 bits per heavy atom. The summed E-state index contributed by atoms with van der Waals surface area (Å²) in [7, 11) is 0. The van der Waals surface area contributed by atoms with E-state index in [1.807, 2.05) is 24.3 Å². The van der Waals surface area contributed by atoms with E-state index in [4.69, 9.17) is 21.1 Å². The first-order chi connectivity index (χ1) is 12.6. The third kappa shape index (κ3) is 5.51. The van der Waals surface area contributed by atoms with Gasteiger partial charge in [-0.2, -0.15) is 0 Å². The number of nitrogens with one attached hydrogen (secondary N) is 1. The zero-order valence-electron chi connectivity index (χ0n) is 14.7. The molecule has 0 radical (unpaired) electrons. The van der Waals surface area contributed by atoms with Gasteiger partial charge in [0.25, 0.3) is 5.91 Å². The number of hydrogen-bond acceptors (Lipinski definition) is 5. The summed E-state index contributed by atoms with van der Waals surface area (Å²) in [4.78, 5) is 17.6. The molecule has 1 saturated heterocycles. The average Bonchev–Trinajstić information content (AvgIpc) is 3.09. The summed E-state index contributed by atoms with van der Waals surface area (Å²) in [5.74, 6) is -0.195. The van der Waals surface area contributed by atoms with Crippen LogP contribution in [-0.2, 0) is 20.7 Å². The van der Waals surface area contributed by atoms with E-state index in [1.165, 1.54) is 11.3 Å². The number of benzene rings is 1. The lowest BCUT2D eigenvalue weighted by Gasteiger charge is -2.23. The first kappa shape index (κ1) is 19.3. The van der Waals surface area contributed by atoms with Gasteiger partial charge in [-0.1, -0.05) is 29.8 Å². The molecule has 1 amide bonds. The highest BCUT2D eigenvalue weighted by atomic mass is 35.5. The van der Waals surface area contributed by atoms with Gasteiger partial charge in [0.05, 0.1) is 12.7 Å². The second-order valence-electron chi connectivity index (χ2n) is 6.35. The van der Waals surface area contributed by atoms with Gasteiger partial charge in [-0.15, -0.1) is 11.3 Å². The minimum atomic E-state index is -0.545. The van der Waals surface area contributed by atoms with Gasteiger partial charge in [-0.3, -0.25) is 10.1 Å². The van der Waals surface area contributed by atoms with Gasteiger partial charge in [0.15, 0.2) is 5.13 Å². The van der Waals surface area contributed by atoms with Crippen molar-refractivity contribution in [3.05, 3.63) is 45.9 Å². The Balaban J connectivity index is 1.48. The van der Waals surface area contributed by atoms with Gasteiger partial charge in [0.1, 0.15) is 6.10 Å². The number of rotatable bonds is 7. The van der Waals surface area contributed by atoms with Gasteiger partial charge in [-0.25, -0.2) is 4.98 Å². The third-order valence-corrected chi connectivity index (χ3v) is 5.56. The second-order valence-corrected chi connectivity index (χ2v) is 7.88. The van der Waals surface area contributed by atoms with Gasteiger partial charge in [-0.05, 0) is 37.8 Å². The zero-order chi connectivity index (χ0) is 18.4. The van der Waals surface area contributed by atoms with Gasteiger partial charge >= 0.3 is 0 Å². The first-order valence-electron chi connectivity index (χ1n) is 8.84. The molecular formula is C19H23ClN2O3S. The number of thiazole rings is 1. The molecule has 3 rings (SSSR count). The molecule has 1 N–H and O–H groups in total. The van der Waals surface area contributed by atoms with Crippen LogP contribution in [0.15, 0.2) is 30.5 Å². The van der Waals surface area contributed by atoms with Gasteiger partial charge < -0.3 is 9.47 Å². The molecule has 2 atom stereocenters. The molecule has 1 aromatic carbocycles. The predicted molar refractivity (Wildman–Crippen MR) is 104 cm³/mol. The van der Waals surface area contributed by atoms with E-state index in [-0.39, 0.29) is 12.0 Å². The molecule has 5 nitrogen and oxygen atoms in total. The molecule has 0 saturated carbocycles. The molecular weight excluding hydrogens is 372 g/mol. The number of ether oxygens (including phenoxy) is 2. The first-order valence-corrected chi connectivity index (χ1v) is 10.0. The Bertz CT molecular complexity index is 731. The van der Waals surface area contributed by atoms with Gasteiger partial charge in [0.2, 0.25) is 0 Å². The summed E-state index contributed by atoms with van der Waals surface area (Å²) in [6.45, 7) is 2.97. The molecule has 1 fully saturated rings.